The molecule has 0 saturated heterocycles. The van der Waals surface area contributed by atoms with E-state index in [1.165, 1.54) is 15.6 Å². The molecule has 0 aliphatic heterocycles. The molecule has 0 aliphatic carbocycles. The topological polar surface area (TPSA) is 88.5 Å². The molecule has 1 amide bonds. The number of amides is 1. The smallest absolute Gasteiger partial charge is 0.276 e. The van der Waals surface area contributed by atoms with E-state index in [2.05, 4.69) is 15.5 Å². The van der Waals surface area contributed by atoms with Gasteiger partial charge >= 0.3 is 0 Å². The Morgan fingerprint density at radius 2 is 2.06 bits per heavy atom. The lowest BCUT2D eigenvalue weighted by Gasteiger charge is -2.06. The second-order valence-electron chi connectivity index (χ2n) is 3.56. The van der Waals surface area contributed by atoms with Gasteiger partial charge < -0.3 is 5.32 Å². The molecule has 8 heteroatoms. The minimum Gasteiger partial charge on any atom is -0.304 e. The molecule has 0 unspecified atom stereocenters. The molecule has 18 heavy (non-hydrogen) atoms. The zero-order chi connectivity index (χ0) is 13.3. The van der Waals surface area contributed by atoms with Gasteiger partial charge in [0.15, 0.2) is 0 Å². The molecule has 0 aliphatic rings. The number of anilines is 1. The fourth-order valence-corrected chi connectivity index (χ4v) is 2.22. The number of nitrogens with one attached hydrogen (secondary N) is 1. The Morgan fingerprint density at radius 1 is 1.39 bits per heavy atom. The number of nitrogens with zero attached hydrogens (tertiary/aromatic N) is 5. The van der Waals surface area contributed by atoms with Crippen LogP contribution in [0.5, 0.6) is 0 Å². The van der Waals surface area contributed by atoms with E-state index in [0.29, 0.717) is 17.1 Å². The van der Waals surface area contributed by atoms with Crippen molar-refractivity contribution < 1.29 is 4.79 Å². The number of rotatable bonds is 2. The van der Waals surface area contributed by atoms with Gasteiger partial charge in [0.1, 0.15) is 23.1 Å². The minimum atomic E-state index is -0.320. The van der Waals surface area contributed by atoms with Crippen LogP contribution in [-0.4, -0.2) is 25.5 Å². The quantitative estimate of drug-likeness (QED) is 0.810. The van der Waals surface area contributed by atoms with E-state index in [1.54, 1.807) is 20.3 Å². The van der Waals surface area contributed by atoms with Crippen LogP contribution in [0.1, 0.15) is 16.1 Å². The van der Waals surface area contributed by atoms with Crippen LogP contribution in [-0.2, 0) is 14.1 Å². The maximum Gasteiger partial charge on any atom is 0.276 e. The molecule has 0 atom stereocenters. The highest BCUT2D eigenvalue weighted by Gasteiger charge is 2.18. The van der Waals surface area contributed by atoms with Crippen molar-refractivity contribution in [3.63, 3.8) is 0 Å². The fourth-order valence-electron chi connectivity index (χ4n) is 1.50. The van der Waals surface area contributed by atoms with Gasteiger partial charge in [0.25, 0.3) is 5.91 Å². The van der Waals surface area contributed by atoms with Crippen LogP contribution in [0.4, 0.5) is 5.82 Å². The average Bonchev–Trinajstić information content (AvgIpc) is 2.84. The van der Waals surface area contributed by atoms with Gasteiger partial charge in [-0.25, -0.2) is 0 Å². The first-order chi connectivity index (χ1) is 8.54. The van der Waals surface area contributed by atoms with Crippen molar-refractivity contribution in [2.24, 2.45) is 14.1 Å². The monoisotopic (exact) mass is 356 g/mol. The van der Waals surface area contributed by atoms with Gasteiger partial charge in [-0.2, -0.15) is 15.5 Å². The summed E-state index contributed by atoms with van der Waals surface area (Å²) in [6.07, 6.45) is 3.01. The van der Waals surface area contributed by atoms with E-state index < -0.39 is 0 Å². The van der Waals surface area contributed by atoms with Crippen LogP contribution in [0.15, 0.2) is 12.4 Å². The van der Waals surface area contributed by atoms with Gasteiger partial charge in [0, 0.05) is 14.1 Å². The third-order valence-electron chi connectivity index (χ3n) is 2.40. The predicted octanol–water partition coefficient (Wildman–Crippen LogP) is 0.882. The third-order valence-corrected chi connectivity index (χ3v) is 3.19. The lowest BCUT2D eigenvalue weighted by Crippen LogP contribution is -2.19. The van der Waals surface area contributed by atoms with E-state index in [9.17, 15) is 4.79 Å². The van der Waals surface area contributed by atoms with Crippen molar-refractivity contribution in [1.82, 2.24) is 19.6 Å². The van der Waals surface area contributed by atoms with Crippen molar-refractivity contribution >= 4 is 34.3 Å². The predicted molar refractivity (Wildman–Crippen MR) is 71.8 cm³/mol. The highest BCUT2D eigenvalue weighted by Crippen LogP contribution is 2.16. The van der Waals surface area contributed by atoms with E-state index in [0.717, 1.165) is 3.57 Å². The first-order valence-electron chi connectivity index (χ1n) is 4.95. The van der Waals surface area contributed by atoms with Gasteiger partial charge in [0.2, 0.25) is 0 Å². The average molecular weight is 356 g/mol. The molecule has 0 radical (unpaired) electrons. The molecule has 0 spiro atoms. The lowest BCUT2D eigenvalue weighted by molar-refractivity contribution is 0.101. The molecule has 0 bridgehead atoms. The van der Waals surface area contributed by atoms with Crippen LogP contribution in [0.2, 0.25) is 0 Å². The summed E-state index contributed by atoms with van der Waals surface area (Å²) in [5.74, 6) is 0.0546. The van der Waals surface area contributed by atoms with E-state index in [-0.39, 0.29) is 5.91 Å². The number of carbonyl (C=O) groups is 1. The Hall–Kier alpha value is -1.89. The highest BCUT2D eigenvalue weighted by atomic mass is 127. The van der Waals surface area contributed by atoms with Gasteiger partial charge in [-0.3, -0.25) is 14.2 Å². The Bertz CT molecular complexity index is 630. The molecule has 0 aromatic carbocycles. The first kappa shape index (κ1) is 12.6. The summed E-state index contributed by atoms with van der Waals surface area (Å²) in [4.78, 5) is 12.1. The summed E-state index contributed by atoms with van der Waals surface area (Å²) in [7, 11) is 3.34. The van der Waals surface area contributed by atoms with Crippen molar-refractivity contribution in [2.75, 3.05) is 5.32 Å². The summed E-state index contributed by atoms with van der Waals surface area (Å²) in [6.45, 7) is 0. The van der Waals surface area contributed by atoms with Gasteiger partial charge in [0.05, 0.1) is 16.0 Å². The Kier molecular flexibility index (Phi) is 3.33. The Morgan fingerprint density at radius 3 is 2.61 bits per heavy atom. The van der Waals surface area contributed by atoms with Gasteiger partial charge in [-0.1, -0.05) is 0 Å². The van der Waals surface area contributed by atoms with E-state index in [1.807, 2.05) is 28.7 Å². The number of halogens is 1. The largest absolute Gasteiger partial charge is 0.304 e. The summed E-state index contributed by atoms with van der Waals surface area (Å²) < 4.78 is 3.67. The van der Waals surface area contributed by atoms with Crippen molar-refractivity contribution in [3.05, 3.63) is 27.2 Å². The molecule has 0 fully saturated rings. The van der Waals surface area contributed by atoms with Crippen LogP contribution in [0, 0.1) is 14.9 Å². The standard InChI is InChI=1S/C10H9IN6O/c1-16-8(7(11)5-14-16)10(18)15-9-6(3-12)4-13-17(9)2/h4-5H,1-2H3,(H,15,18). The molecular weight excluding hydrogens is 347 g/mol. The maximum absolute atomic E-state index is 12.1. The summed E-state index contributed by atoms with van der Waals surface area (Å²) >= 11 is 2.03. The minimum absolute atomic E-state index is 0.320. The van der Waals surface area contributed by atoms with Crippen LogP contribution < -0.4 is 5.32 Å². The lowest BCUT2D eigenvalue weighted by atomic mass is 10.3. The normalized spacial score (nSPS) is 10.1. The van der Waals surface area contributed by atoms with Crippen molar-refractivity contribution in [1.29, 1.82) is 5.26 Å². The second-order valence-corrected chi connectivity index (χ2v) is 4.72. The number of nitriles is 1. The molecular formula is C10H9IN6O. The van der Waals surface area contributed by atoms with Crippen molar-refractivity contribution in [3.8, 4) is 6.07 Å². The maximum atomic E-state index is 12.1. The van der Waals surface area contributed by atoms with Crippen molar-refractivity contribution in [2.45, 2.75) is 0 Å². The van der Waals surface area contributed by atoms with Gasteiger partial charge in [-0.15, -0.1) is 0 Å². The highest BCUT2D eigenvalue weighted by molar-refractivity contribution is 14.1. The molecule has 2 heterocycles. The van der Waals surface area contributed by atoms with E-state index >= 15 is 0 Å². The number of aryl methyl sites for hydroxylation is 2. The number of hydrogen-bond donors (Lipinski definition) is 1. The first-order valence-corrected chi connectivity index (χ1v) is 6.03. The van der Waals surface area contributed by atoms with E-state index in [4.69, 9.17) is 5.26 Å². The third kappa shape index (κ3) is 2.08. The summed E-state index contributed by atoms with van der Waals surface area (Å²) in [6, 6.07) is 1.97. The molecule has 2 aromatic heterocycles. The molecule has 0 saturated carbocycles. The SMILES string of the molecule is Cn1ncc(C#N)c1NC(=O)c1c(I)cnn1C. The van der Waals surface area contributed by atoms with Crippen LogP contribution in [0.3, 0.4) is 0 Å². The molecule has 92 valence electrons. The Balaban J connectivity index is 2.33. The molecule has 2 rings (SSSR count). The van der Waals surface area contributed by atoms with Crippen LogP contribution >= 0.6 is 22.6 Å². The zero-order valence-electron chi connectivity index (χ0n) is 9.68. The number of hydrogen-bond acceptors (Lipinski definition) is 4. The fraction of sp³-hybridized carbons (Fsp3) is 0.200. The summed E-state index contributed by atoms with van der Waals surface area (Å²) in [5, 5.41) is 19.5. The van der Waals surface area contributed by atoms with Crippen LogP contribution in [0.25, 0.3) is 0 Å². The molecule has 2 aromatic rings. The second kappa shape index (κ2) is 4.77. The molecule has 1 N–H and O–H groups in total. The number of carbonyl (C=O) groups excluding carboxylic acids is 1. The summed E-state index contributed by atoms with van der Waals surface area (Å²) in [5.41, 5.74) is 0.767. The Labute approximate surface area is 117 Å². The van der Waals surface area contributed by atoms with Gasteiger partial charge in [-0.05, 0) is 22.6 Å². The molecule has 7 nitrogen and oxygen atoms in total. The number of aromatic nitrogens is 4. The zero-order valence-corrected chi connectivity index (χ0v) is 11.8.